The standard InChI is InChI=1S/C28H34ClFN6O5/c1-34(2)25(41)23(39)33-28-9-7-27(8-10-28,15-35-11-3-4-12-35)16-36-24(40)21(37)20(32-26(28)36)22(38)31-14-17-5-6-19(30)18(29)13-17/h5-6,13,37H,3-4,7-12,14-16H2,1-2H3,(H,31,38)(H,33,39). The Labute approximate surface area is 241 Å². The van der Waals surface area contributed by atoms with E-state index in [4.69, 9.17) is 11.6 Å². The van der Waals surface area contributed by atoms with Gasteiger partial charge in [-0.3, -0.25) is 23.7 Å². The first-order valence-corrected chi connectivity index (χ1v) is 14.1. The average molecular weight is 589 g/mol. The highest BCUT2D eigenvalue weighted by Gasteiger charge is 2.52. The molecule has 6 rings (SSSR count). The van der Waals surface area contributed by atoms with Gasteiger partial charge in [-0.15, -0.1) is 0 Å². The number of likely N-dealkylation sites (N-methyl/N-ethyl adjacent to an activating group) is 1. The summed E-state index contributed by atoms with van der Waals surface area (Å²) < 4.78 is 14.9. The van der Waals surface area contributed by atoms with Crippen molar-refractivity contribution >= 4 is 29.3 Å². The smallest absolute Gasteiger partial charge is 0.311 e. The highest BCUT2D eigenvalue weighted by Crippen LogP contribution is 2.50. The fourth-order valence-electron chi connectivity index (χ4n) is 6.33. The van der Waals surface area contributed by atoms with Crippen LogP contribution in [0.3, 0.4) is 0 Å². The summed E-state index contributed by atoms with van der Waals surface area (Å²) in [5.74, 6) is -3.65. The lowest BCUT2D eigenvalue weighted by molar-refractivity contribution is -0.145. The van der Waals surface area contributed by atoms with Crippen LogP contribution in [0.4, 0.5) is 4.39 Å². The number of carbonyl (C=O) groups excluding carboxylic acids is 3. The Hall–Kier alpha value is -3.51. The van der Waals surface area contributed by atoms with Crippen LogP contribution in [-0.2, 0) is 28.2 Å². The number of nitrogens with zero attached hydrogens (tertiary/aromatic N) is 4. The van der Waals surface area contributed by atoms with Crippen molar-refractivity contribution in [1.29, 1.82) is 0 Å². The number of hydrogen-bond acceptors (Lipinski definition) is 7. The van der Waals surface area contributed by atoms with Gasteiger partial charge in [0.1, 0.15) is 11.6 Å². The molecule has 3 aliphatic heterocycles. The molecule has 2 fully saturated rings. The first-order chi connectivity index (χ1) is 19.4. The molecule has 11 nitrogen and oxygen atoms in total. The van der Waals surface area contributed by atoms with Crippen LogP contribution in [0.2, 0.25) is 5.02 Å². The minimum atomic E-state index is -1.18. The van der Waals surface area contributed by atoms with Gasteiger partial charge < -0.3 is 25.5 Å². The number of nitrogens with one attached hydrogen (secondary N) is 2. The lowest BCUT2D eigenvalue weighted by Crippen LogP contribution is -2.54. The number of likely N-dealkylation sites (tertiary alicyclic amines) is 1. The zero-order valence-electron chi connectivity index (χ0n) is 23.1. The van der Waals surface area contributed by atoms with Crippen molar-refractivity contribution in [1.82, 2.24) is 30.0 Å². The Morgan fingerprint density at radius 2 is 1.83 bits per heavy atom. The molecule has 1 aliphatic carbocycles. The monoisotopic (exact) mass is 588 g/mol. The molecule has 0 atom stereocenters. The van der Waals surface area contributed by atoms with Crippen molar-refractivity contribution in [2.45, 2.75) is 57.2 Å². The minimum absolute atomic E-state index is 0.0590. The summed E-state index contributed by atoms with van der Waals surface area (Å²) in [6.45, 7) is 2.93. The van der Waals surface area contributed by atoms with E-state index in [0.29, 0.717) is 31.2 Å². The van der Waals surface area contributed by atoms with E-state index >= 15 is 0 Å². The molecule has 2 bridgehead atoms. The number of amides is 3. The van der Waals surface area contributed by atoms with Crippen LogP contribution < -0.4 is 16.2 Å². The quantitative estimate of drug-likeness (QED) is 0.437. The second-order valence-corrected chi connectivity index (χ2v) is 12.1. The Bertz CT molecular complexity index is 1450. The van der Waals surface area contributed by atoms with E-state index in [0.717, 1.165) is 32.5 Å². The number of benzene rings is 1. The highest BCUT2D eigenvalue weighted by molar-refractivity contribution is 6.35. The maximum atomic E-state index is 13.6. The van der Waals surface area contributed by atoms with Gasteiger partial charge in [0.25, 0.3) is 11.5 Å². The van der Waals surface area contributed by atoms with Crippen LogP contribution in [0.25, 0.3) is 0 Å². The average Bonchev–Trinajstić information content (AvgIpc) is 3.36. The fourth-order valence-corrected chi connectivity index (χ4v) is 6.54. The van der Waals surface area contributed by atoms with Gasteiger partial charge in [-0.25, -0.2) is 9.37 Å². The molecular formula is C28H34ClFN6O5. The van der Waals surface area contributed by atoms with Crippen molar-refractivity contribution < 1.29 is 23.9 Å². The van der Waals surface area contributed by atoms with E-state index in [2.05, 4.69) is 20.5 Å². The molecule has 1 aromatic carbocycles. The summed E-state index contributed by atoms with van der Waals surface area (Å²) in [5.41, 5.74) is -2.23. The predicted octanol–water partition coefficient (Wildman–Crippen LogP) is 1.74. The molecule has 41 heavy (non-hydrogen) atoms. The normalized spacial score (nSPS) is 23.5. The Morgan fingerprint density at radius 3 is 2.46 bits per heavy atom. The van der Waals surface area contributed by atoms with Gasteiger partial charge >= 0.3 is 11.8 Å². The van der Waals surface area contributed by atoms with E-state index in [9.17, 15) is 28.7 Å². The number of hydrogen-bond donors (Lipinski definition) is 3. The summed E-state index contributed by atoms with van der Waals surface area (Å²) in [4.78, 5) is 60.4. The first kappa shape index (κ1) is 29.0. The summed E-state index contributed by atoms with van der Waals surface area (Å²) in [5, 5.41) is 16.2. The second kappa shape index (κ2) is 11.1. The molecule has 220 valence electrons. The number of aromatic hydroxyl groups is 1. The van der Waals surface area contributed by atoms with E-state index < -0.39 is 46.1 Å². The van der Waals surface area contributed by atoms with Crippen LogP contribution in [0, 0.1) is 11.2 Å². The molecule has 1 saturated carbocycles. The number of carbonyl (C=O) groups is 3. The van der Waals surface area contributed by atoms with Crippen LogP contribution in [0.5, 0.6) is 5.75 Å². The zero-order valence-corrected chi connectivity index (χ0v) is 23.9. The molecule has 0 radical (unpaired) electrons. The first-order valence-electron chi connectivity index (χ1n) is 13.8. The highest BCUT2D eigenvalue weighted by atomic mass is 35.5. The van der Waals surface area contributed by atoms with Crippen LogP contribution in [0.15, 0.2) is 23.0 Å². The molecule has 0 unspecified atom stereocenters. The van der Waals surface area contributed by atoms with Gasteiger partial charge in [0.15, 0.2) is 5.69 Å². The van der Waals surface area contributed by atoms with Crippen molar-refractivity contribution in [3.8, 4) is 5.75 Å². The predicted molar refractivity (Wildman–Crippen MR) is 148 cm³/mol. The van der Waals surface area contributed by atoms with Crippen LogP contribution in [0.1, 0.15) is 60.4 Å². The van der Waals surface area contributed by atoms with E-state index in [1.54, 1.807) is 0 Å². The molecule has 1 aromatic heterocycles. The summed E-state index contributed by atoms with van der Waals surface area (Å²) in [7, 11) is 2.94. The number of rotatable bonds is 6. The van der Waals surface area contributed by atoms with Gasteiger partial charge in [0.2, 0.25) is 5.75 Å². The molecule has 4 heterocycles. The lowest BCUT2D eigenvalue weighted by atomic mass is 9.68. The van der Waals surface area contributed by atoms with Gasteiger partial charge in [-0.1, -0.05) is 17.7 Å². The summed E-state index contributed by atoms with van der Waals surface area (Å²) in [6.07, 6.45) is 4.39. The van der Waals surface area contributed by atoms with Gasteiger partial charge in [-0.2, -0.15) is 0 Å². The Balaban J connectivity index is 1.52. The number of aromatic nitrogens is 2. The largest absolute Gasteiger partial charge is 0.501 e. The van der Waals surface area contributed by atoms with E-state index in [1.807, 2.05) is 0 Å². The van der Waals surface area contributed by atoms with Gasteiger partial charge in [0, 0.05) is 39.1 Å². The SMILES string of the molecule is CN(C)C(=O)C(=O)NC12CCC(CN3CCCC3)(CC1)Cn1c2nc(C(=O)NCc2ccc(F)c(Cl)c2)c(O)c1=O. The molecular weight excluding hydrogens is 555 g/mol. The molecule has 2 aromatic rings. The van der Waals surface area contributed by atoms with Gasteiger partial charge in [-0.05, 0) is 69.3 Å². The maximum absolute atomic E-state index is 13.6. The fraction of sp³-hybridized carbons (Fsp3) is 0.536. The van der Waals surface area contributed by atoms with Gasteiger partial charge in [0.05, 0.1) is 10.6 Å². The van der Waals surface area contributed by atoms with Crippen LogP contribution >= 0.6 is 11.6 Å². The minimum Gasteiger partial charge on any atom is -0.501 e. The third-order valence-electron chi connectivity index (χ3n) is 8.59. The molecule has 1 saturated heterocycles. The van der Waals surface area contributed by atoms with E-state index in [-0.39, 0.29) is 29.4 Å². The number of halogens is 2. The third kappa shape index (κ3) is 5.54. The molecule has 13 heteroatoms. The topological polar surface area (TPSA) is 137 Å². The Kier molecular flexibility index (Phi) is 7.82. The zero-order chi connectivity index (χ0) is 29.5. The van der Waals surface area contributed by atoms with E-state index in [1.165, 1.54) is 41.8 Å². The molecule has 3 amide bonds. The second-order valence-electron chi connectivity index (χ2n) is 11.7. The van der Waals surface area contributed by atoms with Crippen molar-refractivity contribution in [3.05, 3.63) is 56.5 Å². The molecule has 4 aliphatic rings. The Morgan fingerprint density at radius 1 is 1.15 bits per heavy atom. The number of fused-ring (bicyclic) bond motifs is 2. The summed E-state index contributed by atoms with van der Waals surface area (Å²) >= 11 is 5.84. The molecule has 3 N–H and O–H groups in total. The van der Waals surface area contributed by atoms with Crippen molar-refractivity contribution in [2.24, 2.45) is 5.41 Å². The maximum Gasteiger partial charge on any atom is 0.311 e. The van der Waals surface area contributed by atoms with Crippen LogP contribution in [-0.4, -0.2) is 75.9 Å². The van der Waals surface area contributed by atoms with Crippen molar-refractivity contribution in [3.63, 3.8) is 0 Å². The third-order valence-corrected chi connectivity index (χ3v) is 8.88. The van der Waals surface area contributed by atoms with Crippen molar-refractivity contribution in [2.75, 3.05) is 33.7 Å². The molecule has 0 spiro atoms. The summed E-state index contributed by atoms with van der Waals surface area (Å²) in [6, 6.07) is 3.98. The lowest BCUT2D eigenvalue weighted by Gasteiger charge is -2.43.